The molecule has 2 N–H and O–H groups in total. The first kappa shape index (κ1) is 13.7. The molecule has 7 heteroatoms. The molecule has 0 aliphatic carbocycles. The topological polar surface area (TPSA) is 88.5 Å². The Kier molecular flexibility index (Phi) is 4.28. The Morgan fingerprint density at radius 3 is 2.58 bits per heavy atom. The molecule has 19 heavy (non-hydrogen) atoms. The summed E-state index contributed by atoms with van der Waals surface area (Å²) < 4.78 is 0. The zero-order chi connectivity index (χ0) is 13.8. The van der Waals surface area contributed by atoms with Crippen LogP contribution in [0.2, 0.25) is 0 Å². The third-order valence-electron chi connectivity index (χ3n) is 3.55. The van der Waals surface area contributed by atoms with Crippen LogP contribution in [0.4, 0.5) is 11.5 Å². The Bertz CT molecular complexity index is 428. The lowest BCUT2D eigenvalue weighted by atomic mass is 10.2. The number of anilines is 1. The highest BCUT2D eigenvalue weighted by Gasteiger charge is 2.21. The average Bonchev–Trinajstić information content (AvgIpc) is 2.46. The second kappa shape index (κ2) is 5.94. The Morgan fingerprint density at radius 1 is 1.42 bits per heavy atom. The fraction of sp³-hybridized carbons (Fsp3) is 0.583. The van der Waals surface area contributed by atoms with Crippen molar-refractivity contribution in [2.75, 3.05) is 37.6 Å². The summed E-state index contributed by atoms with van der Waals surface area (Å²) >= 11 is 0. The minimum absolute atomic E-state index is 0.0270. The Hall–Kier alpha value is -1.73. The number of nitrogens with zero attached hydrogens (tertiary/aromatic N) is 4. The summed E-state index contributed by atoms with van der Waals surface area (Å²) in [4.78, 5) is 18.8. The van der Waals surface area contributed by atoms with Gasteiger partial charge in [0.15, 0.2) is 0 Å². The van der Waals surface area contributed by atoms with Crippen LogP contribution < -0.4 is 10.6 Å². The van der Waals surface area contributed by atoms with Crippen molar-refractivity contribution < 1.29 is 4.92 Å². The number of piperazine rings is 1. The predicted octanol–water partition coefficient (Wildman–Crippen LogP) is 0.459. The van der Waals surface area contributed by atoms with Crippen LogP contribution in [0.15, 0.2) is 18.3 Å². The lowest BCUT2D eigenvalue weighted by Crippen LogP contribution is -2.51. The fourth-order valence-corrected chi connectivity index (χ4v) is 2.21. The molecule has 1 aromatic heterocycles. The van der Waals surface area contributed by atoms with Crippen molar-refractivity contribution in [2.24, 2.45) is 5.73 Å². The van der Waals surface area contributed by atoms with Crippen molar-refractivity contribution in [3.63, 3.8) is 0 Å². The molecule has 1 aromatic rings. The molecule has 104 valence electrons. The molecule has 1 saturated heterocycles. The highest BCUT2D eigenvalue weighted by molar-refractivity contribution is 5.43. The van der Waals surface area contributed by atoms with Crippen LogP contribution >= 0.6 is 0 Å². The van der Waals surface area contributed by atoms with Crippen LogP contribution in [0.3, 0.4) is 0 Å². The Morgan fingerprint density at radius 2 is 2.11 bits per heavy atom. The highest BCUT2D eigenvalue weighted by atomic mass is 16.6. The zero-order valence-corrected chi connectivity index (χ0v) is 11.0. The molecule has 1 atom stereocenters. The molecule has 7 nitrogen and oxygen atoms in total. The lowest BCUT2D eigenvalue weighted by Gasteiger charge is -2.38. The first-order valence-electron chi connectivity index (χ1n) is 6.41. The van der Waals surface area contributed by atoms with Crippen molar-refractivity contribution >= 4 is 11.5 Å². The summed E-state index contributed by atoms with van der Waals surface area (Å²) in [5.74, 6) is 0.797. The van der Waals surface area contributed by atoms with Gasteiger partial charge in [-0.05, 0) is 13.0 Å². The number of aromatic nitrogens is 1. The SMILES string of the molecule is CC(CN)N1CCN(c2ccc([N+](=O)[O-])cn2)CC1. The molecule has 1 aliphatic heterocycles. The van der Waals surface area contributed by atoms with Crippen LogP contribution in [0, 0.1) is 10.1 Å². The molecular formula is C12H19N5O2. The summed E-state index contributed by atoms with van der Waals surface area (Å²) in [6.07, 6.45) is 1.31. The number of rotatable bonds is 4. The summed E-state index contributed by atoms with van der Waals surface area (Å²) in [6, 6.07) is 3.60. The summed E-state index contributed by atoms with van der Waals surface area (Å²) in [6.45, 7) is 6.41. The van der Waals surface area contributed by atoms with Crippen molar-refractivity contribution in [3.05, 3.63) is 28.4 Å². The second-order valence-electron chi connectivity index (χ2n) is 4.74. The van der Waals surface area contributed by atoms with Gasteiger partial charge in [0.25, 0.3) is 5.69 Å². The molecule has 0 spiro atoms. The maximum absolute atomic E-state index is 10.6. The van der Waals surface area contributed by atoms with Gasteiger partial charge in [0, 0.05) is 44.8 Å². The van der Waals surface area contributed by atoms with E-state index in [9.17, 15) is 10.1 Å². The van der Waals surface area contributed by atoms with Gasteiger partial charge in [-0.3, -0.25) is 15.0 Å². The van der Waals surface area contributed by atoms with Crippen molar-refractivity contribution in [3.8, 4) is 0 Å². The molecule has 0 saturated carbocycles. The number of hydrogen-bond acceptors (Lipinski definition) is 6. The van der Waals surface area contributed by atoms with Crippen molar-refractivity contribution in [2.45, 2.75) is 13.0 Å². The van der Waals surface area contributed by atoms with Crippen LogP contribution in [0.5, 0.6) is 0 Å². The third-order valence-corrected chi connectivity index (χ3v) is 3.55. The monoisotopic (exact) mass is 265 g/mol. The lowest BCUT2D eigenvalue weighted by molar-refractivity contribution is -0.385. The van der Waals surface area contributed by atoms with E-state index in [4.69, 9.17) is 5.73 Å². The van der Waals surface area contributed by atoms with Crippen molar-refractivity contribution in [1.29, 1.82) is 0 Å². The molecule has 1 fully saturated rings. The standard InChI is InChI=1S/C12H19N5O2/c1-10(8-13)15-4-6-16(7-5-15)12-3-2-11(9-14-12)17(18)19/h2-3,9-10H,4-8,13H2,1H3. The third kappa shape index (κ3) is 3.18. The van der Waals surface area contributed by atoms with Gasteiger partial charge in [0.05, 0.1) is 4.92 Å². The number of nitro groups is 1. The number of nitrogens with two attached hydrogens (primary N) is 1. The van der Waals surface area contributed by atoms with E-state index < -0.39 is 4.92 Å². The number of pyridine rings is 1. The maximum atomic E-state index is 10.6. The van der Waals surface area contributed by atoms with E-state index in [2.05, 4.69) is 21.7 Å². The van der Waals surface area contributed by atoms with E-state index in [1.54, 1.807) is 6.07 Å². The van der Waals surface area contributed by atoms with Gasteiger partial charge in [-0.25, -0.2) is 4.98 Å². The zero-order valence-electron chi connectivity index (χ0n) is 11.0. The van der Waals surface area contributed by atoms with E-state index >= 15 is 0 Å². The Labute approximate surface area is 112 Å². The first-order chi connectivity index (χ1) is 9.11. The summed E-state index contributed by atoms with van der Waals surface area (Å²) in [5, 5.41) is 10.6. The quantitative estimate of drug-likeness (QED) is 0.628. The molecule has 1 unspecified atom stereocenters. The van der Waals surface area contributed by atoms with E-state index in [0.29, 0.717) is 12.6 Å². The first-order valence-corrected chi connectivity index (χ1v) is 6.41. The molecule has 0 amide bonds. The van der Waals surface area contributed by atoms with Crippen LogP contribution in [-0.4, -0.2) is 53.6 Å². The van der Waals surface area contributed by atoms with E-state index in [1.807, 2.05) is 0 Å². The summed E-state index contributed by atoms with van der Waals surface area (Å²) in [5.41, 5.74) is 5.69. The molecule has 2 rings (SSSR count). The normalized spacial score (nSPS) is 18.3. The smallest absolute Gasteiger partial charge is 0.287 e. The highest BCUT2D eigenvalue weighted by Crippen LogP contribution is 2.17. The molecule has 0 radical (unpaired) electrons. The molecule has 2 heterocycles. The van der Waals surface area contributed by atoms with Gasteiger partial charge < -0.3 is 10.6 Å². The van der Waals surface area contributed by atoms with Gasteiger partial charge >= 0.3 is 0 Å². The van der Waals surface area contributed by atoms with Gasteiger partial charge in [-0.15, -0.1) is 0 Å². The minimum atomic E-state index is -0.433. The van der Waals surface area contributed by atoms with Crippen LogP contribution in [-0.2, 0) is 0 Å². The molecule has 1 aliphatic rings. The maximum Gasteiger partial charge on any atom is 0.287 e. The molecule has 0 aromatic carbocycles. The number of hydrogen-bond donors (Lipinski definition) is 1. The van der Waals surface area contributed by atoms with E-state index in [1.165, 1.54) is 12.3 Å². The molecule has 0 bridgehead atoms. The molecular weight excluding hydrogens is 246 g/mol. The van der Waals surface area contributed by atoms with Gasteiger partial charge in [0.1, 0.15) is 12.0 Å². The second-order valence-corrected chi connectivity index (χ2v) is 4.74. The van der Waals surface area contributed by atoms with Gasteiger partial charge in [-0.1, -0.05) is 0 Å². The largest absolute Gasteiger partial charge is 0.354 e. The summed E-state index contributed by atoms with van der Waals surface area (Å²) in [7, 11) is 0. The van der Waals surface area contributed by atoms with E-state index in [0.717, 1.165) is 32.0 Å². The van der Waals surface area contributed by atoms with Gasteiger partial charge in [-0.2, -0.15) is 0 Å². The van der Waals surface area contributed by atoms with E-state index in [-0.39, 0.29) is 5.69 Å². The minimum Gasteiger partial charge on any atom is -0.354 e. The average molecular weight is 265 g/mol. The van der Waals surface area contributed by atoms with Crippen molar-refractivity contribution in [1.82, 2.24) is 9.88 Å². The fourth-order valence-electron chi connectivity index (χ4n) is 2.21. The van der Waals surface area contributed by atoms with Crippen LogP contribution in [0.1, 0.15) is 6.92 Å². The van der Waals surface area contributed by atoms with Gasteiger partial charge in [0.2, 0.25) is 0 Å². The Balaban J connectivity index is 1.96. The predicted molar refractivity (Wildman–Crippen MR) is 73.2 cm³/mol. The van der Waals surface area contributed by atoms with Crippen LogP contribution in [0.25, 0.3) is 0 Å².